The molecule has 3 fully saturated rings. The molecule has 2 unspecified atom stereocenters. The van der Waals surface area contributed by atoms with Gasteiger partial charge >= 0.3 is 5.97 Å². The molecule has 3 aliphatic carbocycles. The topological polar surface area (TPSA) is 37.3 Å². The molecule has 4 atom stereocenters. The molecule has 0 saturated heterocycles. The minimum atomic E-state index is -0.637. The van der Waals surface area contributed by atoms with Gasteiger partial charge in [-0.1, -0.05) is 20.8 Å². The van der Waals surface area contributed by atoms with Crippen molar-refractivity contribution in [3.05, 3.63) is 0 Å². The van der Waals surface area contributed by atoms with E-state index in [2.05, 4.69) is 13.8 Å². The first kappa shape index (κ1) is 11.9. The Morgan fingerprint density at radius 2 is 2.12 bits per heavy atom. The molecule has 92 valence electrons. The van der Waals surface area contributed by atoms with E-state index in [1.165, 1.54) is 19.3 Å². The van der Waals surface area contributed by atoms with Gasteiger partial charge in [0.1, 0.15) is 0 Å². The summed E-state index contributed by atoms with van der Waals surface area (Å²) in [5, 5.41) is 8.89. The quantitative estimate of drug-likeness (QED) is 0.792. The summed E-state index contributed by atoms with van der Waals surface area (Å²) in [6.07, 6.45) is 6.09. The summed E-state index contributed by atoms with van der Waals surface area (Å²) in [5.41, 5.74) is 0.537. The van der Waals surface area contributed by atoms with E-state index < -0.39 is 5.97 Å². The molecule has 3 rings (SSSR count). The number of carboxylic acid groups (broad SMARTS) is 1. The van der Waals surface area contributed by atoms with Gasteiger partial charge in [0.05, 0.1) is 5.92 Å². The summed E-state index contributed by atoms with van der Waals surface area (Å²) >= 11 is 0. The van der Waals surface area contributed by atoms with Crippen LogP contribution in [0.2, 0.25) is 0 Å². The summed E-state index contributed by atoms with van der Waals surface area (Å²) in [4.78, 5) is 10.8. The van der Waals surface area contributed by atoms with Crippen LogP contribution in [-0.2, 0) is 4.79 Å². The van der Waals surface area contributed by atoms with Gasteiger partial charge in [-0.25, -0.2) is 0 Å². The Morgan fingerprint density at radius 1 is 1.44 bits per heavy atom. The highest BCUT2D eigenvalue weighted by molar-refractivity contribution is 5.69. The first-order valence-electron chi connectivity index (χ1n) is 6.65. The van der Waals surface area contributed by atoms with Gasteiger partial charge in [0.15, 0.2) is 0 Å². The number of carboxylic acids is 1. The maximum atomic E-state index is 10.8. The van der Waals surface area contributed by atoms with Crippen molar-refractivity contribution < 1.29 is 9.90 Å². The van der Waals surface area contributed by atoms with Gasteiger partial charge in [0.2, 0.25) is 0 Å². The predicted octanol–water partition coefficient (Wildman–Crippen LogP) is 3.56. The van der Waals surface area contributed by atoms with Crippen molar-refractivity contribution >= 4 is 5.97 Å². The smallest absolute Gasteiger partial charge is 0.306 e. The summed E-state index contributed by atoms with van der Waals surface area (Å²) < 4.78 is 0. The Balaban J connectivity index is 1.85. The first-order valence-corrected chi connectivity index (χ1v) is 6.65. The standard InChI is InChI=1S/C14H24O2/c1-9(13(15)16)4-5-10-6-7-11-8-12(10)14(11,2)3/h9-12H,4-8H2,1-3H3,(H,15,16)/t9?,10?,11-,12-/m0/s1. The van der Waals surface area contributed by atoms with E-state index in [9.17, 15) is 4.79 Å². The Kier molecular flexibility index (Phi) is 3.02. The van der Waals surface area contributed by atoms with Gasteiger partial charge in [0, 0.05) is 0 Å². The van der Waals surface area contributed by atoms with Crippen LogP contribution in [0.15, 0.2) is 0 Å². The second-order valence-corrected chi connectivity index (χ2v) is 6.51. The normalized spacial score (nSPS) is 37.6. The predicted molar refractivity (Wildman–Crippen MR) is 64.1 cm³/mol. The lowest BCUT2D eigenvalue weighted by Crippen LogP contribution is -2.52. The van der Waals surface area contributed by atoms with Crippen LogP contribution in [0.3, 0.4) is 0 Å². The van der Waals surface area contributed by atoms with E-state index in [-0.39, 0.29) is 5.92 Å². The molecule has 0 aliphatic heterocycles. The molecular weight excluding hydrogens is 200 g/mol. The van der Waals surface area contributed by atoms with Crippen molar-refractivity contribution in [3.63, 3.8) is 0 Å². The van der Waals surface area contributed by atoms with Crippen molar-refractivity contribution in [2.45, 2.75) is 52.9 Å². The van der Waals surface area contributed by atoms with Crippen LogP contribution in [-0.4, -0.2) is 11.1 Å². The molecule has 2 heteroatoms. The molecular formula is C14H24O2. The minimum absolute atomic E-state index is 0.166. The number of hydrogen-bond donors (Lipinski definition) is 1. The Labute approximate surface area is 98.4 Å². The van der Waals surface area contributed by atoms with Crippen LogP contribution in [0.5, 0.6) is 0 Å². The van der Waals surface area contributed by atoms with E-state index in [0.29, 0.717) is 5.41 Å². The zero-order valence-corrected chi connectivity index (χ0v) is 10.7. The molecule has 0 aromatic carbocycles. The van der Waals surface area contributed by atoms with E-state index in [1.807, 2.05) is 6.92 Å². The third-order valence-electron chi connectivity index (χ3n) is 5.39. The van der Waals surface area contributed by atoms with E-state index in [4.69, 9.17) is 5.11 Å². The molecule has 0 heterocycles. The molecule has 0 radical (unpaired) electrons. The average Bonchev–Trinajstić information content (AvgIpc) is 2.25. The minimum Gasteiger partial charge on any atom is -0.481 e. The highest BCUT2D eigenvalue weighted by atomic mass is 16.4. The fraction of sp³-hybridized carbons (Fsp3) is 0.929. The fourth-order valence-electron chi connectivity index (χ4n) is 3.90. The third kappa shape index (κ3) is 1.87. The van der Waals surface area contributed by atoms with Gasteiger partial charge < -0.3 is 5.11 Å². The van der Waals surface area contributed by atoms with Crippen LogP contribution in [0.1, 0.15) is 52.9 Å². The number of hydrogen-bond acceptors (Lipinski definition) is 1. The molecule has 16 heavy (non-hydrogen) atoms. The summed E-state index contributed by atoms with van der Waals surface area (Å²) in [7, 11) is 0. The second kappa shape index (κ2) is 4.05. The van der Waals surface area contributed by atoms with Crippen LogP contribution < -0.4 is 0 Å². The van der Waals surface area contributed by atoms with Gasteiger partial charge in [-0.2, -0.15) is 0 Å². The van der Waals surface area contributed by atoms with Gasteiger partial charge in [-0.15, -0.1) is 0 Å². The van der Waals surface area contributed by atoms with Crippen molar-refractivity contribution in [2.75, 3.05) is 0 Å². The number of aliphatic carboxylic acids is 1. The zero-order valence-electron chi connectivity index (χ0n) is 10.7. The molecule has 3 saturated carbocycles. The van der Waals surface area contributed by atoms with Crippen LogP contribution in [0, 0.1) is 29.1 Å². The molecule has 0 aromatic heterocycles. The Hall–Kier alpha value is -0.530. The van der Waals surface area contributed by atoms with Crippen LogP contribution in [0.4, 0.5) is 0 Å². The van der Waals surface area contributed by atoms with Crippen LogP contribution >= 0.6 is 0 Å². The number of carbonyl (C=O) groups is 1. The van der Waals surface area contributed by atoms with E-state index in [1.54, 1.807) is 0 Å². The highest BCUT2D eigenvalue weighted by Crippen LogP contribution is 2.62. The average molecular weight is 224 g/mol. The largest absolute Gasteiger partial charge is 0.481 e. The third-order valence-corrected chi connectivity index (χ3v) is 5.39. The van der Waals surface area contributed by atoms with Crippen molar-refractivity contribution in [1.29, 1.82) is 0 Å². The fourth-order valence-corrected chi connectivity index (χ4v) is 3.90. The lowest BCUT2D eigenvalue weighted by Gasteiger charge is -2.60. The highest BCUT2D eigenvalue weighted by Gasteiger charge is 2.53. The molecule has 2 bridgehead atoms. The second-order valence-electron chi connectivity index (χ2n) is 6.51. The maximum Gasteiger partial charge on any atom is 0.306 e. The zero-order chi connectivity index (χ0) is 11.9. The van der Waals surface area contributed by atoms with Gasteiger partial charge in [-0.3, -0.25) is 4.79 Å². The molecule has 0 amide bonds. The molecule has 1 N–H and O–H groups in total. The molecule has 0 spiro atoms. The lowest BCUT2D eigenvalue weighted by atomic mass is 9.45. The molecule has 0 aromatic rings. The van der Waals surface area contributed by atoms with E-state index in [0.717, 1.165) is 30.6 Å². The summed E-state index contributed by atoms with van der Waals surface area (Å²) in [5.74, 6) is 1.81. The van der Waals surface area contributed by atoms with Gasteiger partial charge in [-0.05, 0) is 55.3 Å². The van der Waals surface area contributed by atoms with Crippen LogP contribution in [0.25, 0.3) is 0 Å². The van der Waals surface area contributed by atoms with E-state index >= 15 is 0 Å². The van der Waals surface area contributed by atoms with Crippen molar-refractivity contribution in [1.82, 2.24) is 0 Å². The molecule has 3 aliphatic rings. The SMILES string of the molecule is CC(CCC1CC[C@H]2C[C@@H]1C2(C)C)C(=O)O. The lowest BCUT2D eigenvalue weighted by molar-refractivity contribution is -0.142. The van der Waals surface area contributed by atoms with Crippen molar-refractivity contribution in [3.8, 4) is 0 Å². The number of fused-ring (bicyclic) bond motifs is 2. The summed E-state index contributed by atoms with van der Waals surface area (Å²) in [6, 6.07) is 0. The Bertz CT molecular complexity index is 280. The van der Waals surface area contributed by atoms with Gasteiger partial charge in [0.25, 0.3) is 0 Å². The first-order chi connectivity index (χ1) is 7.43. The number of rotatable bonds is 4. The summed E-state index contributed by atoms with van der Waals surface area (Å²) in [6.45, 7) is 6.64. The monoisotopic (exact) mass is 224 g/mol. The Morgan fingerprint density at radius 3 is 2.62 bits per heavy atom. The van der Waals surface area contributed by atoms with Crippen molar-refractivity contribution in [2.24, 2.45) is 29.1 Å². The maximum absolute atomic E-state index is 10.8. The molecule has 2 nitrogen and oxygen atoms in total.